The number of carbonyl (C=O) groups is 2. The van der Waals surface area contributed by atoms with Gasteiger partial charge in [0.05, 0.1) is 7.11 Å². The van der Waals surface area contributed by atoms with E-state index in [-0.39, 0.29) is 11.9 Å². The third kappa shape index (κ3) is 4.89. The molecular formula is C13H18ClN2O3+. The van der Waals surface area contributed by atoms with Gasteiger partial charge in [0.2, 0.25) is 0 Å². The molecule has 0 fully saturated rings. The van der Waals surface area contributed by atoms with Gasteiger partial charge in [0.15, 0.2) is 6.04 Å². The van der Waals surface area contributed by atoms with Gasteiger partial charge in [-0.25, -0.2) is 4.79 Å². The molecule has 19 heavy (non-hydrogen) atoms. The molecule has 0 saturated carbocycles. The summed E-state index contributed by atoms with van der Waals surface area (Å²) in [6.07, 6.45) is -0.749. The number of methoxy groups -OCH3 is 1. The van der Waals surface area contributed by atoms with Crippen LogP contribution in [0, 0.1) is 0 Å². The molecule has 1 aromatic carbocycles. The molecule has 0 aromatic heterocycles. The molecule has 0 spiro atoms. The van der Waals surface area contributed by atoms with E-state index in [1.54, 1.807) is 13.0 Å². The van der Waals surface area contributed by atoms with Crippen LogP contribution in [0.4, 0.5) is 4.79 Å². The van der Waals surface area contributed by atoms with Crippen molar-refractivity contribution in [2.24, 2.45) is 0 Å². The third-order valence-electron chi connectivity index (χ3n) is 2.78. The first-order valence-corrected chi connectivity index (χ1v) is 6.31. The second-order valence-electron chi connectivity index (χ2n) is 4.31. The Morgan fingerprint density at radius 1 is 1.37 bits per heavy atom. The molecule has 0 bridgehead atoms. The van der Waals surface area contributed by atoms with Crippen LogP contribution in [0.1, 0.15) is 25.5 Å². The SMILES string of the molecule is COC(=O)NC(=O)[C@H](C)[NH2+][C@H](C)c1cccc(Cl)c1. The molecule has 6 heteroatoms. The molecule has 0 heterocycles. The average molecular weight is 286 g/mol. The Morgan fingerprint density at radius 3 is 2.63 bits per heavy atom. The lowest BCUT2D eigenvalue weighted by Gasteiger charge is -2.16. The van der Waals surface area contributed by atoms with Crippen molar-refractivity contribution in [1.82, 2.24) is 5.32 Å². The Bertz CT molecular complexity index is 465. The first-order chi connectivity index (χ1) is 8.93. The Hall–Kier alpha value is -1.59. The molecule has 2 amide bonds. The summed E-state index contributed by atoms with van der Waals surface area (Å²) in [5.74, 6) is -0.388. The van der Waals surface area contributed by atoms with Crippen LogP contribution in [0.2, 0.25) is 5.02 Å². The van der Waals surface area contributed by atoms with Crippen molar-refractivity contribution in [3.8, 4) is 0 Å². The number of rotatable bonds is 4. The van der Waals surface area contributed by atoms with Crippen molar-refractivity contribution in [2.75, 3.05) is 7.11 Å². The van der Waals surface area contributed by atoms with Crippen molar-refractivity contribution in [3.05, 3.63) is 34.9 Å². The van der Waals surface area contributed by atoms with Crippen LogP contribution in [-0.4, -0.2) is 25.2 Å². The van der Waals surface area contributed by atoms with Crippen LogP contribution in [0.25, 0.3) is 0 Å². The molecule has 0 saturated heterocycles. The fourth-order valence-corrected chi connectivity index (χ4v) is 1.89. The highest BCUT2D eigenvalue weighted by atomic mass is 35.5. The van der Waals surface area contributed by atoms with Crippen molar-refractivity contribution < 1.29 is 19.6 Å². The Morgan fingerprint density at radius 2 is 2.05 bits per heavy atom. The molecule has 0 aliphatic carbocycles. The van der Waals surface area contributed by atoms with Crippen LogP contribution in [0.15, 0.2) is 24.3 Å². The van der Waals surface area contributed by atoms with Crippen LogP contribution >= 0.6 is 11.6 Å². The zero-order chi connectivity index (χ0) is 14.4. The van der Waals surface area contributed by atoms with E-state index in [9.17, 15) is 9.59 Å². The predicted molar refractivity (Wildman–Crippen MR) is 71.8 cm³/mol. The number of halogens is 1. The van der Waals surface area contributed by atoms with Crippen LogP contribution < -0.4 is 10.6 Å². The lowest BCUT2D eigenvalue weighted by Crippen LogP contribution is -2.92. The molecule has 0 radical (unpaired) electrons. The minimum atomic E-state index is -0.749. The maximum absolute atomic E-state index is 11.7. The molecule has 104 valence electrons. The van der Waals surface area contributed by atoms with Gasteiger partial charge >= 0.3 is 6.09 Å². The number of hydrogen-bond acceptors (Lipinski definition) is 3. The molecule has 5 nitrogen and oxygen atoms in total. The van der Waals surface area contributed by atoms with Crippen molar-refractivity contribution in [1.29, 1.82) is 0 Å². The van der Waals surface area contributed by atoms with Crippen molar-refractivity contribution in [3.63, 3.8) is 0 Å². The molecule has 3 N–H and O–H groups in total. The van der Waals surface area contributed by atoms with E-state index in [0.717, 1.165) is 5.56 Å². The zero-order valence-corrected chi connectivity index (χ0v) is 11.9. The number of imide groups is 1. The maximum Gasteiger partial charge on any atom is 0.413 e. The quantitative estimate of drug-likeness (QED) is 0.874. The van der Waals surface area contributed by atoms with E-state index in [0.29, 0.717) is 5.02 Å². The molecule has 0 aliphatic rings. The summed E-state index contributed by atoms with van der Waals surface area (Å²) in [5, 5.41) is 4.65. The monoisotopic (exact) mass is 285 g/mol. The van der Waals surface area contributed by atoms with Crippen molar-refractivity contribution in [2.45, 2.75) is 25.9 Å². The van der Waals surface area contributed by atoms with Gasteiger partial charge in [-0.3, -0.25) is 10.1 Å². The highest BCUT2D eigenvalue weighted by Gasteiger charge is 2.22. The van der Waals surface area contributed by atoms with E-state index in [4.69, 9.17) is 11.6 Å². The zero-order valence-electron chi connectivity index (χ0n) is 11.1. The number of ether oxygens (including phenoxy) is 1. The highest BCUT2D eigenvalue weighted by molar-refractivity contribution is 6.30. The first kappa shape index (κ1) is 15.5. The van der Waals surface area contributed by atoms with Crippen LogP contribution in [0.3, 0.4) is 0 Å². The summed E-state index contributed by atoms with van der Waals surface area (Å²) < 4.78 is 4.37. The summed E-state index contributed by atoms with van der Waals surface area (Å²) in [4.78, 5) is 22.6. The summed E-state index contributed by atoms with van der Waals surface area (Å²) in [6.45, 7) is 3.69. The summed E-state index contributed by atoms with van der Waals surface area (Å²) in [6, 6.07) is 7.10. The molecule has 2 atom stereocenters. The van der Waals surface area contributed by atoms with Crippen LogP contribution in [0.5, 0.6) is 0 Å². The molecular weight excluding hydrogens is 268 g/mol. The minimum absolute atomic E-state index is 0.0529. The van der Waals surface area contributed by atoms with Gasteiger partial charge in [-0.1, -0.05) is 23.7 Å². The lowest BCUT2D eigenvalue weighted by molar-refractivity contribution is -0.710. The Labute approximate surface area is 117 Å². The fourth-order valence-electron chi connectivity index (χ4n) is 1.69. The standard InChI is InChI=1S/C13H17ClN2O3/c1-8(10-5-4-6-11(14)7-10)15-9(2)12(17)16-13(18)19-3/h4-9,15H,1-3H3,(H,16,17,18)/p+1/t8-,9+/m1/s1. The number of carbonyl (C=O) groups excluding carboxylic acids is 2. The van der Waals surface area contributed by atoms with E-state index in [1.807, 2.05) is 30.4 Å². The number of benzene rings is 1. The number of nitrogens with two attached hydrogens (primary N) is 1. The largest absolute Gasteiger partial charge is 0.453 e. The van der Waals surface area contributed by atoms with Gasteiger partial charge in [-0.05, 0) is 26.0 Å². The van der Waals surface area contributed by atoms with E-state index < -0.39 is 12.1 Å². The smallest absolute Gasteiger partial charge is 0.413 e. The Kier molecular flexibility index (Phi) is 5.79. The fraction of sp³-hybridized carbons (Fsp3) is 0.385. The van der Waals surface area contributed by atoms with Gasteiger partial charge < -0.3 is 10.1 Å². The topological polar surface area (TPSA) is 72.0 Å². The van der Waals surface area contributed by atoms with Crippen molar-refractivity contribution >= 4 is 23.6 Å². The second kappa shape index (κ2) is 7.11. The van der Waals surface area contributed by atoms with Gasteiger partial charge in [-0.15, -0.1) is 0 Å². The number of alkyl carbamates (subject to hydrolysis) is 1. The highest BCUT2D eigenvalue weighted by Crippen LogP contribution is 2.14. The summed E-state index contributed by atoms with van der Waals surface area (Å²) in [7, 11) is 1.21. The second-order valence-corrected chi connectivity index (χ2v) is 4.74. The molecule has 0 unspecified atom stereocenters. The number of quaternary nitrogens is 1. The van der Waals surface area contributed by atoms with E-state index in [1.165, 1.54) is 7.11 Å². The lowest BCUT2D eigenvalue weighted by atomic mass is 10.1. The van der Waals surface area contributed by atoms with E-state index in [2.05, 4.69) is 10.1 Å². The van der Waals surface area contributed by atoms with Gasteiger partial charge in [-0.2, -0.15) is 0 Å². The van der Waals surface area contributed by atoms with E-state index >= 15 is 0 Å². The summed E-state index contributed by atoms with van der Waals surface area (Å²) >= 11 is 5.92. The number of nitrogens with one attached hydrogen (secondary N) is 1. The van der Waals surface area contributed by atoms with Gasteiger partial charge in [0, 0.05) is 10.6 Å². The molecule has 1 rings (SSSR count). The first-order valence-electron chi connectivity index (χ1n) is 5.93. The summed E-state index contributed by atoms with van der Waals surface area (Å²) in [5.41, 5.74) is 1.02. The number of hydrogen-bond donors (Lipinski definition) is 2. The molecule has 1 aromatic rings. The third-order valence-corrected chi connectivity index (χ3v) is 3.01. The Balaban J connectivity index is 2.58. The number of amides is 2. The maximum atomic E-state index is 11.7. The van der Waals surface area contributed by atoms with Gasteiger partial charge in [0.25, 0.3) is 5.91 Å². The van der Waals surface area contributed by atoms with Crippen LogP contribution in [-0.2, 0) is 9.53 Å². The minimum Gasteiger partial charge on any atom is -0.453 e. The van der Waals surface area contributed by atoms with Gasteiger partial charge in [0.1, 0.15) is 6.04 Å². The average Bonchev–Trinajstić information content (AvgIpc) is 2.38. The normalized spacial score (nSPS) is 13.5. The molecule has 0 aliphatic heterocycles. The predicted octanol–water partition coefficient (Wildman–Crippen LogP) is 1.24.